The quantitative estimate of drug-likeness (QED) is 0.714. The summed E-state index contributed by atoms with van der Waals surface area (Å²) >= 11 is 0. The zero-order valence-electron chi connectivity index (χ0n) is 10.5. The molecule has 0 heterocycles. The Balaban J connectivity index is 2.50. The Bertz CT molecular complexity index is 292. The summed E-state index contributed by atoms with van der Waals surface area (Å²) in [5, 5.41) is 2.97. The van der Waals surface area contributed by atoms with Crippen molar-refractivity contribution in [1.82, 2.24) is 5.32 Å². The van der Waals surface area contributed by atoms with Crippen LogP contribution >= 0.6 is 0 Å². The molecule has 0 radical (unpaired) electrons. The average molecular weight is 269 g/mol. The van der Waals surface area contributed by atoms with E-state index in [1.54, 1.807) is 6.92 Å². The zero-order valence-corrected chi connectivity index (χ0v) is 10.5. The zero-order chi connectivity index (χ0) is 13.8. The fourth-order valence-electron chi connectivity index (χ4n) is 1.50. The molecule has 0 spiro atoms. The van der Waals surface area contributed by atoms with E-state index in [0.29, 0.717) is 0 Å². The van der Waals surface area contributed by atoms with Crippen molar-refractivity contribution < 1.29 is 27.4 Å². The molecular weight excluding hydrogens is 251 g/mol. The molecule has 1 N–H and O–H groups in total. The second kappa shape index (κ2) is 5.88. The van der Waals surface area contributed by atoms with Crippen LogP contribution in [0.15, 0.2) is 0 Å². The van der Waals surface area contributed by atoms with Gasteiger partial charge in [-0.2, -0.15) is 13.2 Å². The first kappa shape index (κ1) is 15.2. The Morgan fingerprint density at radius 3 is 2.39 bits per heavy atom. The van der Waals surface area contributed by atoms with Crippen LogP contribution in [0.4, 0.5) is 13.2 Å². The maximum Gasteiger partial charge on any atom is 0.411 e. The van der Waals surface area contributed by atoms with Crippen molar-refractivity contribution in [3.63, 3.8) is 0 Å². The summed E-state index contributed by atoms with van der Waals surface area (Å²) in [5.41, 5.74) is -1.22. The number of carbonyl (C=O) groups is 1. The van der Waals surface area contributed by atoms with Crippen molar-refractivity contribution in [2.75, 3.05) is 19.8 Å². The standard InChI is InChI=1S/C11H18F3NO3/c1-3-18-9(16)10(2,15-8-4-5-8)6-17-7-11(12,13)14/h8,15H,3-7H2,1-2H3. The number of carbonyl (C=O) groups excluding carboxylic acids is 1. The molecule has 0 aromatic rings. The van der Waals surface area contributed by atoms with Crippen LogP contribution < -0.4 is 5.32 Å². The Morgan fingerprint density at radius 1 is 1.33 bits per heavy atom. The number of hydrogen-bond acceptors (Lipinski definition) is 4. The van der Waals surface area contributed by atoms with E-state index in [2.05, 4.69) is 10.1 Å². The summed E-state index contributed by atoms with van der Waals surface area (Å²) in [5.74, 6) is -0.584. The normalized spacial score (nSPS) is 19.4. The van der Waals surface area contributed by atoms with Crippen LogP contribution in [-0.4, -0.2) is 43.5 Å². The molecule has 1 rings (SSSR count). The molecular formula is C11H18F3NO3. The van der Waals surface area contributed by atoms with Gasteiger partial charge in [0.05, 0.1) is 13.2 Å². The van der Waals surface area contributed by atoms with Crippen molar-refractivity contribution in [3.05, 3.63) is 0 Å². The van der Waals surface area contributed by atoms with Crippen LogP contribution in [0.3, 0.4) is 0 Å². The Labute approximate surface area is 104 Å². The van der Waals surface area contributed by atoms with Gasteiger partial charge in [-0.05, 0) is 26.7 Å². The van der Waals surface area contributed by atoms with Crippen molar-refractivity contribution in [2.24, 2.45) is 0 Å². The summed E-state index contributed by atoms with van der Waals surface area (Å²) in [6, 6.07) is 0.161. The third-order valence-corrected chi connectivity index (χ3v) is 2.48. The number of rotatable bonds is 7. The van der Waals surface area contributed by atoms with Crippen LogP contribution in [0.1, 0.15) is 26.7 Å². The van der Waals surface area contributed by atoms with Gasteiger partial charge in [-0.15, -0.1) is 0 Å². The maximum atomic E-state index is 12.0. The van der Waals surface area contributed by atoms with Gasteiger partial charge in [0.15, 0.2) is 0 Å². The highest BCUT2D eigenvalue weighted by Gasteiger charge is 2.41. The molecule has 0 bridgehead atoms. The molecule has 0 aliphatic heterocycles. The van der Waals surface area contributed by atoms with Gasteiger partial charge < -0.3 is 9.47 Å². The van der Waals surface area contributed by atoms with E-state index in [-0.39, 0.29) is 19.3 Å². The monoisotopic (exact) mass is 269 g/mol. The third-order valence-electron chi connectivity index (χ3n) is 2.48. The van der Waals surface area contributed by atoms with Gasteiger partial charge in [0, 0.05) is 6.04 Å². The van der Waals surface area contributed by atoms with Crippen molar-refractivity contribution >= 4 is 5.97 Å². The highest BCUT2D eigenvalue weighted by molar-refractivity contribution is 5.80. The Morgan fingerprint density at radius 2 is 1.94 bits per heavy atom. The van der Waals surface area contributed by atoms with Crippen LogP contribution in [0, 0.1) is 0 Å². The van der Waals surface area contributed by atoms with Gasteiger partial charge in [0.1, 0.15) is 12.1 Å². The summed E-state index contributed by atoms with van der Waals surface area (Å²) in [4.78, 5) is 11.7. The fourth-order valence-corrected chi connectivity index (χ4v) is 1.50. The van der Waals surface area contributed by atoms with Crippen molar-refractivity contribution in [3.8, 4) is 0 Å². The molecule has 0 aromatic carbocycles. The molecule has 1 aliphatic carbocycles. The lowest BCUT2D eigenvalue weighted by Crippen LogP contribution is -2.55. The highest BCUT2D eigenvalue weighted by atomic mass is 19.4. The van der Waals surface area contributed by atoms with Crippen LogP contribution in [0.25, 0.3) is 0 Å². The fraction of sp³-hybridized carbons (Fsp3) is 0.909. The lowest BCUT2D eigenvalue weighted by Gasteiger charge is -2.28. The topological polar surface area (TPSA) is 47.6 Å². The molecule has 106 valence electrons. The van der Waals surface area contributed by atoms with Crippen LogP contribution in [0.5, 0.6) is 0 Å². The SMILES string of the molecule is CCOC(=O)C(C)(COCC(F)(F)F)NC1CC1. The Kier molecular flexibility index (Phi) is 4.98. The number of ether oxygens (including phenoxy) is 2. The number of esters is 1. The summed E-state index contributed by atoms with van der Waals surface area (Å²) in [6.45, 7) is 1.60. The molecule has 1 aliphatic rings. The lowest BCUT2D eigenvalue weighted by atomic mass is 10.0. The molecule has 1 saturated carbocycles. The van der Waals surface area contributed by atoms with Gasteiger partial charge in [-0.25, -0.2) is 4.79 Å². The summed E-state index contributed by atoms with van der Waals surface area (Å²) in [7, 11) is 0. The minimum Gasteiger partial charge on any atom is -0.465 e. The van der Waals surface area contributed by atoms with Crippen molar-refractivity contribution in [2.45, 2.75) is 44.4 Å². The molecule has 4 nitrogen and oxygen atoms in total. The largest absolute Gasteiger partial charge is 0.465 e. The highest BCUT2D eigenvalue weighted by Crippen LogP contribution is 2.24. The molecule has 1 unspecified atom stereocenters. The third kappa shape index (κ3) is 5.22. The number of alkyl halides is 3. The van der Waals surface area contributed by atoms with E-state index >= 15 is 0 Å². The number of nitrogens with one attached hydrogen (secondary N) is 1. The molecule has 1 atom stereocenters. The predicted octanol–water partition coefficient (Wildman–Crippen LogP) is 1.64. The molecule has 1 fully saturated rings. The second-order valence-corrected chi connectivity index (χ2v) is 4.58. The Hall–Kier alpha value is -0.820. The average Bonchev–Trinajstić information content (AvgIpc) is 2.99. The van der Waals surface area contributed by atoms with Crippen LogP contribution in [-0.2, 0) is 14.3 Å². The van der Waals surface area contributed by atoms with E-state index in [9.17, 15) is 18.0 Å². The first-order chi connectivity index (χ1) is 8.27. The molecule has 0 amide bonds. The smallest absolute Gasteiger partial charge is 0.411 e. The van der Waals surface area contributed by atoms with Gasteiger partial charge in [-0.3, -0.25) is 5.32 Å². The summed E-state index contributed by atoms with van der Waals surface area (Å²) < 4.78 is 45.4. The van der Waals surface area contributed by atoms with Gasteiger partial charge in [-0.1, -0.05) is 0 Å². The van der Waals surface area contributed by atoms with E-state index in [1.807, 2.05) is 0 Å². The van der Waals surface area contributed by atoms with E-state index < -0.39 is 24.3 Å². The second-order valence-electron chi connectivity index (χ2n) is 4.58. The lowest BCUT2D eigenvalue weighted by molar-refractivity contribution is -0.183. The van der Waals surface area contributed by atoms with Gasteiger partial charge in [0.25, 0.3) is 0 Å². The van der Waals surface area contributed by atoms with E-state index in [0.717, 1.165) is 12.8 Å². The van der Waals surface area contributed by atoms with Gasteiger partial charge in [0.2, 0.25) is 0 Å². The minimum absolute atomic E-state index is 0.161. The first-order valence-electron chi connectivity index (χ1n) is 5.86. The number of halogens is 3. The molecule has 0 aromatic heterocycles. The van der Waals surface area contributed by atoms with Crippen molar-refractivity contribution in [1.29, 1.82) is 0 Å². The van der Waals surface area contributed by atoms with Gasteiger partial charge >= 0.3 is 12.1 Å². The summed E-state index contributed by atoms with van der Waals surface area (Å²) in [6.07, 6.45) is -2.57. The predicted molar refractivity (Wildman–Crippen MR) is 58.1 cm³/mol. The number of hydrogen-bond donors (Lipinski definition) is 1. The molecule has 7 heteroatoms. The molecule has 0 saturated heterocycles. The minimum atomic E-state index is -4.39. The van der Waals surface area contributed by atoms with Crippen LogP contribution in [0.2, 0.25) is 0 Å². The van der Waals surface area contributed by atoms with E-state index in [1.165, 1.54) is 6.92 Å². The van der Waals surface area contributed by atoms with E-state index in [4.69, 9.17) is 4.74 Å². The maximum absolute atomic E-state index is 12.0. The first-order valence-corrected chi connectivity index (χ1v) is 5.86. The molecule has 18 heavy (non-hydrogen) atoms.